The molecule has 1 nitrogen and oxygen atoms in total. The molecule has 1 N–H and O–H groups in total. The zero-order valence-electron chi connectivity index (χ0n) is 3.91. The first-order valence-corrected chi connectivity index (χ1v) is 2.55. The van der Waals surface area contributed by atoms with Gasteiger partial charge in [-0.3, -0.25) is 4.99 Å². The zero-order valence-corrected chi connectivity index (χ0v) is 3.91. The van der Waals surface area contributed by atoms with E-state index in [2.05, 4.69) is 11.2 Å². The maximum absolute atomic E-state index is 3.16. The van der Waals surface area contributed by atoms with E-state index < -0.39 is 0 Å². The number of hydrogen-bond acceptors (Lipinski definition) is 0. The lowest BCUT2D eigenvalue weighted by molar-refractivity contribution is -0.457. The predicted molar refractivity (Wildman–Crippen MR) is 25.7 cm³/mol. The second kappa shape index (κ2) is 1.96. The normalized spacial score (nSPS) is 21.3. The Labute approximate surface area is 38.1 Å². The Morgan fingerprint density at radius 2 is 2.33 bits per heavy atom. The second-order valence-electron chi connectivity index (χ2n) is 1.65. The van der Waals surface area contributed by atoms with E-state index >= 15 is 0 Å². The van der Waals surface area contributed by atoms with Crippen LogP contribution in [-0.2, 0) is 0 Å². The molecule has 0 spiro atoms. The quantitative estimate of drug-likeness (QED) is 0.400. The van der Waals surface area contributed by atoms with Gasteiger partial charge < -0.3 is 0 Å². The third-order valence-corrected chi connectivity index (χ3v) is 1.06. The van der Waals surface area contributed by atoms with Crippen molar-refractivity contribution in [3.05, 3.63) is 0 Å². The van der Waals surface area contributed by atoms with Crippen LogP contribution in [0.25, 0.3) is 0 Å². The van der Waals surface area contributed by atoms with Crippen LogP contribution in [-0.4, -0.2) is 12.8 Å². The van der Waals surface area contributed by atoms with Crippen molar-refractivity contribution in [1.29, 1.82) is 0 Å². The molecular weight excluding hydrogens is 74.1 g/mol. The molecule has 1 heteroatoms. The van der Waals surface area contributed by atoms with Gasteiger partial charge in [-0.1, -0.05) is 0 Å². The second-order valence-corrected chi connectivity index (χ2v) is 1.65. The van der Waals surface area contributed by atoms with Crippen LogP contribution >= 0.6 is 0 Å². The first kappa shape index (κ1) is 3.85. The first-order valence-electron chi connectivity index (χ1n) is 2.55. The minimum absolute atomic E-state index is 1.19. The number of hydrogen-bond donors (Lipinski definition) is 1. The average molecular weight is 84.1 g/mol. The van der Waals surface area contributed by atoms with Crippen LogP contribution < -0.4 is 4.99 Å². The van der Waals surface area contributed by atoms with Gasteiger partial charge in [0.2, 0.25) is 0 Å². The summed E-state index contributed by atoms with van der Waals surface area (Å²) in [7, 11) is 0. The maximum Gasteiger partial charge on any atom is 0.140 e. The van der Waals surface area contributed by atoms with Gasteiger partial charge in [0.05, 0.1) is 0 Å². The predicted octanol–water partition coefficient (Wildman–Crippen LogP) is -0.678. The minimum Gasteiger partial charge on any atom is -0.252 e. The number of nitrogens with one attached hydrogen (secondary N) is 1. The van der Waals surface area contributed by atoms with E-state index in [1.807, 2.05) is 0 Å². The van der Waals surface area contributed by atoms with E-state index in [1.165, 1.54) is 25.8 Å². The summed E-state index contributed by atoms with van der Waals surface area (Å²) in [4.78, 5) is 3.16. The van der Waals surface area contributed by atoms with Gasteiger partial charge in [0, 0.05) is 12.8 Å². The van der Waals surface area contributed by atoms with Crippen molar-refractivity contribution in [3.63, 3.8) is 0 Å². The molecule has 0 saturated heterocycles. The summed E-state index contributed by atoms with van der Waals surface area (Å²) in [5.41, 5.74) is 0. The maximum atomic E-state index is 3.16. The molecule has 0 aromatic heterocycles. The molecule has 0 amide bonds. The van der Waals surface area contributed by atoms with Gasteiger partial charge in [-0.25, -0.2) is 0 Å². The Bertz CT molecular complexity index is 49.0. The fourth-order valence-electron chi connectivity index (χ4n) is 0.678. The summed E-state index contributed by atoms with van der Waals surface area (Å²) < 4.78 is 0. The molecule has 1 aliphatic heterocycles. The summed E-state index contributed by atoms with van der Waals surface area (Å²) in [6.07, 6.45) is 6.15. The highest BCUT2D eigenvalue weighted by molar-refractivity contribution is 5.50. The summed E-state index contributed by atoms with van der Waals surface area (Å²) in [6.45, 7) is 1.19. The van der Waals surface area contributed by atoms with E-state index in [-0.39, 0.29) is 0 Å². The van der Waals surface area contributed by atoms with Gasteiger partial charge in [0.15, 0.2) is 0 Å². The van der Waals surface area contributed by atoms with E-state index in [9.17, 15) is 0 Å². The highest BCUT2D eigenvalue weighted by atomic mass is 14.7. The zero-order chi connectivity index (χ0) is 4.24. The van der Waals surface area contributed by atoms with Crippen molar-refractivity contribution in [3.8, 4) is 0 Å². The molecule has 6 heavy (non-hydrogen) atoms. The van der Waals surface area contributed by atoms with E-state index in [1.54, 1.807) is 0 Å². The highest BCUT2D eigenvalue weighted by Crippen LogP contribution is 1.88. The molecule has 0 atom stereocenters. The molecule has 1 heterocycles. The summed E-state index contributed by atoms with van der Waals surface area (Å²) in [5, 5.41) is 0. The lowest BCUT2D eigenvalue weighted by Gasteiger charge is -1.91. The minimum atomic E-state index is 1.19. The Morgan fingerprint density at radius 3 is 2.50 bits per heavy atom. The summed E-state index contributed by atoms with van der Waals surface area (Å²) >= 11 is 0. The van der Waals surface area contributed by atoms with Crippen molar-refractivity contribution in [2.24, 2.45) is 0 Å². The van der Waals surface area contributed by atoms with Gasteiger partial charge in [-0.2, -0.15) is 0 Å². The van der Waals surface area contributed by atoms with E-state index in [4.69, 9.17) is 0 Å². The van der Waals surface area contributed by atoms with Crippen molar-refractivity contribution in [2.45, 2.75) is 19.3 Å². The fraction of sp³-hybridized carbons (Fsp3) is 0.800. The molecule has 0 fully saturated rings. The van der Waals surface area contributed by atoms with Crippen molar-refractivity contribution in [1.82, 2.24) is 0 Å². The van der Waals surface area contributed by atoms with Crippen LogP contribution in [0.3, 0.4) is 0 Å². The summed E-state index contributed by atoms with van der Waals surface area (Å²) in [5.74, 6) is 0. The average Bonchev–Trinajstić information content (AvgIpc) is 1.72. The van der Waals surface area contributed by atoms with Gasteiger partial charge in [-0.05, 0) is 6.42 Å². The number of rotatable bonds is 0. The third kappa shape index (κ3) is 0.814. The molecule has 0 aromatic rings. The van der Waals surface area contributed by atoms with Crippen LogP contribution in [0.1, 0.15) is 19.3 Å². The van der Waals surface area contributed by atoms with Gasteiger partial charge in [-0.15, -0.1) is 0 Å². The van der Waals surface area contributed by atoms with E-state index in [0.29, 0.717) is 0 Å². The largest absolute Gasteiger partial charge is 0.252 e. The Hall–Kier alpha value is -0.330. The Kier molecular flexibility index (Phi) is 1.25. The molecule has 0 aromatic carbocycles. The van der Waals surface area contributed by atoms with Crippen molar-refractivity contribution >= 4 is 6.21 Å². The Morgan fingerprint density at radius 1 is 1.33 bits per heavy atom. The fourth-order valence-corrected chi connectivity index (χ4v) is 0.678. The standard InChI is InChI=1S/C5H9N/c1-2-4-6-5-3-1/h4H,1-3,5H2/p+1. The smallest absolute Gasteiger partial charge is 0.140 e. The van der Waals surface area contributed by atoms with Crippen LogP contribution in [0.2, 0.25) is 0 Å². The van der Waals surface area contributed by atoms with Crippen molar-refractivity contribution < 1.29 is 4.99 Å². The monoisotopic (exact) mass is 84.1 g/mol. The molecule has 0 aliphatic carbocycles. The van der Waals surface area contributed by atoms with Crippen LogP contribution in [0.4, 0.5) is 0 Å². The van der Waals surface area contributed by atoms with Crippen LogP contribution in [0.15, 0.2) is 0 Å². The van der Waals surface area contributed by atoms with Gasteiger partial charge >= 0.3 is 0 Å². The van der Waals surface area contributed by atoms with E-state index in [0.717, 1.165) is 0 Å². The molecule has 34 valence electrons. The SMILES string of the molecule is C1=[NH+]CCCC1. The summed E-state index contributed by atoms with van der Waals surface area (Å²) in [6, 6.07) is 0. The van der Waals surface area contributed by atoms with Gasteiger partial charge in [0.25, 0.3) is 0 Å². The van der Waals surface area contributed by atoms with Crippen LogP contribution in [0.5, 0.6) is 0 Å². The molecule has 0 saturated carbocycles. The van der Waals surface area contributed by atoms with Gasteiger partial charge in [0.1, 0.15) is 12.8 Å². The molecule has 0 unspecified atom stereocenters. The highest BCUT2D eigenvalue weighted by Gasteiger charge is 1.93. The van der Waals surface area contributed by atoms with Crippen LogP contribution in [0, 0.1) is 0 Å². The molecule has 1 rings (SSSR count). The Balaban J connectivity index is 2.26. The third-order valence-electron chi connectivity index (χ3n) is 1.06. The topological polar surface area (TPSA) is 14.0 Å². The molecule has 0 radical (unpaired) electrons. The molecular formula is C5H10N+. The first-order chi connectivity index (χ1) is 3.00. The molecule has 1 aliphatic rings. The molecule has 0 bridgehead atoms. The lowest BCUT2D eigenvalue weighted by atomic mass is 10.2. The lowest BCUT2D eigenvalue weighted by Crippen LogP contribution is -2.70. The van der Waals surface area contributed by atoms with Crippen molar-refractivity contribution in [2.75, 3.05) is 6.54 Å².